The average Bonchev–Trinajstić information content (AvgIpc) is 2.60. The topological polar surface area (TPSA) is 55.6 Å². The largest absolute Gasteiger partial charge is 0.444 e. The monoisotopic (exact) mass is 226 g/mol. The summed E-state index contributed by atoms with van der Waals surface area (Å²) in [6, 6.07) is 0. The summed E-state index contributed by atoms with van der Waals surface area (Å²) in [7, 11) is 0. The van der Waals surface area contributed by atoms with Crippen molar-refractivity contribution in [1.29, 1.82) is 0 Å². The lowest BCUT2D eigenvalue weighted by Crippen LogP contribution is -2.35. The second-order valence-electron chi connectivity index (χ2n) is 5.14. The van der Waals surface area contributed by atoms with Crippen LogP contribution in [0.3, 0.4) is 0 Å². The molecule has 0 radical (unpaired) electrons. The Balaban J connectivity index is 2.41. The number of likely N-dealkylation sites (tertiary alicyclic amines) is 1. The lowest BCUT2D eigenvalue weighted by atomic mass is 10.1. The lowest BCUT2D eigenvalue weighted by Gasteiger charge is -2.24. The first-order valence-corrected chi connectivity index (χ1v) is 5.77. The van der Waals surface area contributed by atoms with Crippen molar-refractivity contribution in [3.8, 4) is 0 Å². The molecule has 0 saturated carbocycles. The van der Waals surface area contributed by atoms with Gasteiger partial charge < -0.3 is 15.4 Å². The van der Waals surface area contributed by atoms with Crippen molar-refractivity contribution in [2.24, 2.45) is 11.7 Å². The zero-order valence-electron chi connectivity index (χ0n) is 10.4. The van der Waals surface area contributed by atoms with Gasteiger partial charge in [-0.2, -0.15) is 0 Å². The van der Waals surface area contributed by atoms with Crippen molar-refractivity contribution in [2.45, 2.75) is 32.8 Å². The average molecular weight is 226 g/mol. The van der Waals surface area contributed by atoms with Gasteiger partial charge in [-0.3, -0.25) is 0 Å². The van der Waals surface area contributed by atoms with Gasteiger partial charge in [0.1, 0.15) is 5.60 Å². The van der Waals surface area contributed by atoms with Crippen molar-refractivity contribution in [1.82, 2.24) is 4.90 Å². The molecule has 1 aliphatic rings. The fourth-order valence-electron chi connectivity index (χ4n) is 1.71. The van der Waals surface area contributed by atoms with Gasteiger partial charge in [0.2, 0.25) is 0 Å². The maximum Gasteiger partial charge on any atom is 0.410 e. The third-order valence-corrected chi connectivity index (χ3v) is 2.42. The van der Waals surface area contributed by atoms with Crippen LogP contribution in [0.15, 0.2) is 12.2 Å². The highest BCUT2D eigenvalue weighted by molar-refractivity contribution is 5.68. The molecular weight excluding hydrogens is 204 g/mol. The molecular formula is C12H22N2O2. The van der Waals surface area contributed by atoms with Crippen molar-refractivity contribution in [3.05, 3.63) is 12.2 Å². The van der Waals surface area contributed by atoms with Gasteiger partial charge >= 0.3 is 6.09 Å². The molecule has 0 aromatic carbocycles. The Labute approximate surface area is 97.4 Å². The molecule has 1 aliphatic heterocycles. The number of carbonyl (C=O) groups is 1. The molecule has 1 saturated heterocycles. The van der Waals surface area contributed by atoms with Gasteiger partial charge in [-0.05, 0) is 33.1 Å². The summed E-state index contributed by atoms with van der Waals surface area (Å²) in [4.78, 5) is 13.5. The van der Waals surface area contributed by atoms with Crippen LogP contribution in [0.4, 0.5) is 4.79 Å². The van der Waals surface area contributed by atoms with E-state index in [9.17, 15) is 4.79 Å². The maximum absolute atomic E-state index is 11.7. The van der Waals surface area contributed by atoms with Gasteiger partial charge in [0.05, 0.1) is 0 Å². The van der Waals surface area contributed by atoms with Crippen LogP contribution in [0.5, 0.6) is 0 Å². The van der Waals surface area contributed by atoms with E-state index in [0.717, 1.165) is 19.5 Å². The molecule has 1 amide bonds. The number of carbonyl (C=O) groups excluding carboxylic acids is 1. The Morgan fingerprint density at radius 3 is 2.81 bits per heavy atom. The minimum absolute atomic E-state index is 0.212. The van der Waals surface area contributed by atoms with Crippen LogP contribution >= 0.6 is 0 Å². The van der Waals surface area contributed by atoms with Crippen LogP contribution in [-0.4, -0.2) is 36.2 Å². The third-order valence-electron chi connectivity index (χ3n) is 2.42. The number of ether oxygens (including phenoxy) is 1. The van der Waals surface area contributed by atoms with E-state index in [2.05, 4.69) is 6.08 Å². The fourth-order valence-corrected chi connectivity index (χ4v) is 1.71. The summed E-state index contributed by atoms with van der Waals surface area (Å²) in [5, 5.41) is 0. The van der Waals surface area contributed by atoms with E-state index < -0.39 is 5.60 Å². The molecule has 1 atom stereocenters. The Morgan fingerprint density at radius 1 is 1.56 bits per heavy atom. The van der Waals surface area contributed by atoms with Crippen molar-refractivity contribution in [3.63, 3.8) is 0 Å². The summed E-state index contributed by atoms with van der Waals surface area (Å²) < 4.78 is 5.31. The molecule has 1 heterocycles. The van der Waals surface area contributed by atoms with Crippen LogP contribution in [0.1, 0.15) is 27.2 Å². The van der Waals surface area contributed by atoms with Crippen LogP contribution < -0.4 is 5.73 Å². The highest BCUT2D eigenvalue weighted by Crippen LogP contribution is 2.20. The minimum Gasteiger partial charge on any atom is -0.444 e. The van der Waals surface area contributed by atoms with E-state index in [1.54, 1.807) is 4.90 Å². The molecule has 1 unspecified atom stereocenters. The third kappa shape index (κ3) is 4.23. The number of hydrogen-bond donors (Lipinski definition) is 1. The summed E-state index contributed by atoms with van der Waals surface area (Å²) in [5.74, 6) is 0.427. The van der Waals surface area contributed by atoms with E-state index in [4.69, 9.17) is 10.5 Å². The molecule has 92 valence electrons. The van der Waals surface area contributed by atoms with E-state index in [0.29, 0.717) is 12.5 Å². The number of amides is 1. The second-order valence-corrected chi connectivity index (χ2v) is 5.14. The first kappa shape index (κ1) is 13.0. The Kier molecular flexibility index (Phi) is 4.35. The fraction of sp³-hybridized carbons (Fsp3) is 0.750. The molecule has 1 fully saturated rings. The summed E-state index contributed by atoms with van der Waals surface area (Å²) in [6.45, 7) is 7.72. The van der Waals surface area contributed by atoms with Crippen LogP contribution in [0.25, 0.3) is 0 Å². The Hall–Kier alpha value is -1.03. The SMILES string of the molecule is CC(C)(C)OC(=O)N1CCC(/C=C/CN)C1. The molecule has 0 aromatic heterocycles. The van der Waals surface area contributed by atoms with Crippen LogP contribution in [-0.2, 0) is 4.74 Å². The van der Waals surface area contributed by atoms with Crippen molar-refractivity contribution < 1.29 is 9.53 Å². The van der Waals surface area contributed by atoms with E-state index in [1.807, 2.05) is 26.8 Å². The molecule has 16 heavy (non-hydrogen) atoms. The van der Waals surface area contributed by atoms with Crippen molar-refractivity contribution in [2.75, 3.05) is 19.6 Å². The first-order valence-electron chi connectivity index (χ1n) is 5.77. The van der Waals surface area contributed by atoms with Gasteiger partial charge in [0, 0.05) is 19.6 Å². The highest BCUT2D eigenvalue weighted by Gasteiger charge is 2.28. The predicted octanol–water partition coefficient (Wildman–Crippen LogP) is 1.76. The standard InChI is InChI=1S/C12H22N2O2/c1-12(2,3)16-11(15)14-8-6-10(9-14)5-4-7-13/h4-5,10H,6-9,13H2,1-3H3/b5-4+. The maximum atomic E-state index is 11.7. The number of rotatable bonds is 2. The molecule has 0 aliphatic carbocycles. The molecule has 0 spiro atoms. The Morgan fingerprint density at radius 2 is 2.25 bits per heavy atom. The lowest BCUT2D eigenvalue weighted by molar-refractivity contribution is 0.0291. The van der Waals surface area contributed by atoms with E-state index in [1.165, 1.54) is 0 Å². The van der Waals surface area contributed by atoms with Gasteiger partial charge in [-0.25, -0.2) is 4.79 Å². The predicted molar refractivity (Wildman–Crippen MR) is 64.1 cm³/mol. The summed E-state index contributed by atoms with van der Waals surface area (Å²) in [5.41, 5.74) is 4.98. The molecule has 4 heteroatoms. The molecule has 0 bridgehead atoms. The number of nitrogens with zero attached hydrogens (tertiary/aromatic N) is 1. The van der Waals surface area contributed by atoms with Gasteiger partial charge in [-0.1, -0.05) is 12.2 Å². The molecule has 4 nitrogen and oxygen atoms in total. The quantitative estimate of drug-likeness (QED) is 0.730. The zero-order chi connectivity index (χ0) is 12.2. The van der Waals surface area contributed by atoms with Crippen LogP contribution in [0, 0.1) is 5.92 Å². The van der Waals surface area contributed by atoms with Gasteiger partial charge in [0.15, 0.2) is 0 Å². The smallest absolute Gasteiger partial charge is 0.410 e. The number of nitrogens with two attached hydrogens (primary N) is 1. The van der Waals surface area contributed by atoms with Gasteiger partial charge in [0.25, 0.3) is 0 Å². The first-order chi connectivity index (χ1) is 7.42. The number of hydrogen-bond acceptors (Lipinski definition) is 3. The minimum atomic E-state index is -0.414. The summed E-state index contributed by atoms with van der Waals surface area (Å²) in [6.07, 6.45) is 4.82. The Bertz CT molecular complexity index is 269. The van der Waals surface area contributed by atoms with Gasteiger partial charge in [-0.15, -0.1) is 0 Å². The normalized spacial score (nSPS) is 21.8. The second kappa shape index (κ2) is 5.34. The molecule has 2 N–H and O–H groups in total. The van der Waals surface area contributed by atoms with Crippen LogP contribution in [0.2, 0.25) is 0 Å². The van der Waals surface area contributed by atoms with Crippen molar-refractivity contribution >= 4 is 6.09 Å². The van der Waals surface area contributed by atoms with E-state index in [-0.39, 0.29) is 6.09 Å². The highest BCUT2D eigenvalue weighted by atomic mass is 16.6. The summed E-state index contributed by atoms with van der Waals surface area (Å²) >= 11 is 0. The molecule has 0 aromatic rings. The van der Waals surface area contributed by atoms with E-state index >= 15 is 0 Å². The zero-order valence-corrected chi connectivity index (χ0v) is 10.4. The molecule has 1 rings (SSSR count).